The highest BCUT2D eigenvalue weighted by atomic mass is 19.4. The summed E-state index contributed by atoms with van der Waals surface area (Å²) < 4.78 is 38.0. The van der Waals surface area contributed by atoms with Crippen molar-refractivity contribution in [1.29, 1.82) is 0 Å². The minimum Gasteiger partial charge on any atom is -0.358 e. The number of aromatic nitrogens is 1. The molecule has 1 aromatic carbocycles. The third kappa shape index (κ3) is 3.86. The molecule has 2 aromatic rings. The number of fused-ring (bicyclic) bond motifs is 1. The monoisotopic (exact) mass is 297 g/mol. The second-order valence-electron chi connectivity index (χ2n) is 5.23. The van der Waals surface area contributed by atoms with Gasteiger partial charge < -0.3 is 4.98 Å². The number of H-pyrrole nitrogens is 1. The van der Waals surface area contributed by atoms with Crippen LogP contribution in [0, 0.1) is 0 Å². The van der Waals surface area contributed by atoms with Crippen LogP contribution >= 0.6 is 0 Å². The topological polar surface area (TPSA) is 32.9 Å². The summed E-state index contributed by atoms with van der Waals surface area (Å²) in [6, 6.07) is 4.65. The van der Waals surface area contributed by atoms with Crippen molar-refractivity contribution in [3.8, 4) is 0 Å². The van der Waals surface area contributed by atoms with Gasteiger partial charge in [-0.1, -0.05) is 26.2 Å². The molecule has 21 heavy (non-hydrogen) atoms. The summed E-state index contributed by atoms with van der Waals surface area (Å²) in [5, 5.41) is 0.0853. The number of alkyl halides is 3. The van der Waals surface area contributed by atoms with Gasteiger partial charge in [-0.3, -0.25) is 4.79 Å². The summed E-state index contributed by atoms with van der Waals surface area (Å²) in [6.07, 6.45) is 0.645. The van der Waals surface area contributed by atoms with Gasteiger partial charge in [0.25, 0.3) is 0 Å². The van der Waals surface area contributed by atoms with Gasteiger partial charge in [-0.15, -0.1) is 0 Å². The Balaban J connectivity index is 2.28. The summed E-state index contributed by atoms with van der Waals surface area (Å²) in [7, 11) is 0. The number of aromatic amines is 1. The van der Waals surface area contributed by atoms with Crippen LogP contribution < -0.4 is 5.43 Å². The number of benzene rings is 1. The number of hydrogen-bond acceptors (Lipinski definition) is 1. The van der Waals surface area contributed by atoms with E-state index in [1.165, 1.54) is 12.1 Å². The fraction of sp³-hybridized carbons (Fsp3) is 0.438. The molecule has 0 amide bonds. The molecule has 0 aliphatic carbocycles. The van der Waals surface area contributed by atoms with Crippen molar-refractivity contribution >= 4 is 10.9 Å². The van der Waals surface area contributed by atoms with E-state index in [-0.39, 0.29) is 10.8 Å². The smallest absolute Gasteiger partial charge is 0.358 e. The fourth-order valence-corrected chi connectivity index (χ4v) is 2.36. The number of pyridine rings is 1. The van der Waals surface area contributed by atoms with E-state index in [1.807, 2.05) is 0 Å². The maximum absolute atomic E-state index is 12.7. The summed E-state index contributed by atoms with van der Waals surface area (Å²) in [6.45, 7) is 2.12. The molecule has 1 aromatic heterocycles. The minimum absolute atomic E-state index is 0.0853. The van der Waals surface area contributed by atoms with Crippen LogP contribution in [0.2, 0.25) is 0 Å². The first kappa shape index (κ1) is 15.6. The SMILES string of the molecule is CCCCCCc1cc(=O)c2cc(C(F)(F)F)ccc2[nH]1. The van der Waals surface area contributed by atoms with E-state index in [0.717, 1.165) is 49.9 Å². The molecule has 0 atom stereocenters. The molecule has 1 heterocycles. The Hall–Kier alpha value is -1.78. The van der Waals surface area contributed by atoms with Crippen LogP contribution in [0.4, 0.5) is 13.2 Å². The Kier molecular flexibility index (Phi) is 4.70. The van der Waals surface area contributed by atoms with E-state index in [9.17, 15) is 18.0 Å². The predicted molar refractivity (Wildman–Crippen MR) is 77.4 cm³/mol. The van der Waals surface area contributed by atoms with E-state index in [0.29, 0.717) is 5.52 Å². The lowest BCUT2D eigenvalue weighted by molar-refractivity contribution is -0.137. The molecular formula is C16H18F3NO. The van der Waals surface area contributed by atoms with Crippen LogP contribution in [-0.2, 0) is 12.6 Å². The number of aryl methyl sites for hydroxylation is 1. The molecular weight excluding hydrogens is 279 g/mol. The quantitative estimate of drug-likeness (QED) is 0.799. The summed E-state index contributed by atoms with van der Waals surface area (Å²) in [4.78, 5) is 15.0. The first-order chi connectivity index (χ1) is 9.91. The Bertz CT molecular complexity index is 673. The van der Waals surface area contributed by atoms with Gasteiger partial charge in [-0.25, -0.2) is 0 Å². The third-order valence-electron chi connectivity index (χ3n) is 3.51. The molecule has 1 N–H and O–H groups in total. The molecule has 0 aliphatic heterocycles. The molecule has 0 unspecified atom stereocenters. The zero-order valence-corrected chi connectivity index (χ0v) is 11.9. The van der Waals surface area contributed by atoms with E-state index in [2.05, 4.69) is 11.9 Å². The first-order valence-corrected chi connectivity index (χ1v) is 7.15. The highest BCUT2D eigenvalue weighted by Gasteiger charge is 2.30. The van der Waals surface area contributed by atoms with E-state index < -0.39 is 11.7 Å². The fourth-order valence-electron chi connectivity index (χ4n) is 2.36. The lowest BCUT2D eigenvalue weighted by Crippen LogP contribution is -2.09. The van der Waals surface area contributed by atoms with Crippen molar-refractivity contribution in [1.82, 2.24) is 4.98 Å². The van der Waals surface area contributed by atoms with E-state index in [1.54, 1.807) is 0 Å². The average Bonchev–Trinajstić information content (AvgIpc) is 2.42. The van der Waals surface area contributed by atoms with E-state index >= 15 is 0 Å². The summed E-state index contributed by atoms with van der Waals surface area (Å²) in [5.41, 5.74) is 0.0842. The molecule has 114 valence electrons. The summed E-state index contributed by atoms with van der Waals surface area (Å²) >= 11 is 0. The van der Waals surface area contributed by atoms with Crippen molar-refractivity contribution in [3.05, 3.63) is 45.7 Å². The van der Waals surface area contributed by atoms with Gasteiger partial charge in [0.1, 0.15) is 0 Å². The standard InChI is InChI=1S/C16H18F3NO/c1-2-3-4-5-6-12-10-15(21)13-9-11(16(17,18)19)7-8-14(13)20-12/h7-10H,2-6H2,1H3,(H,20,21). The Labute approximate surface area is 121 Å². The van der Waals surface area contributed by atoms with Gasteiger partial charge in [0, 0.05) is 22.7 Å². The highest BCUT2D eigenvalue weighted by Crippen LogP contribution is 2.30. The molecule has 0 aliphatic rings. The van der Waals surface area contributed by atoms with Gasteiger partial charge in [0.15, 0.2) is 5.43 Å². The Morgan fingerprint density at radius 2 is 1.86 bits per heavy atom. The van der Waals surface area contributed by atoms with E-state index in [4.69, 9.17) is 0 Å². The molecule has 5 heteroatoms. The first-order valence-electron chi connectivity index (χ1n) is 7.15. The maximum atomic E-state index is 12.7. The van der Waals surface area contributed by atoms with Crippen molar-refractivity contribution in [2.75, 3.05) is 0 Å². The number of nitrogens with one attached hydrogen (secondary N) is 1. The van der Waals surface area contributed by atoms with Crippen molar-refractivity contribution in [2.45, 2.75) is 45.2 Å². The Morgan fingerprint density at radius 3 is 2.52 bits per heavy atom. The van der Waals surface area contributed by atoms with Crippen LogP contribution in [0.15, 0.2) is 29.1 Å². The molecule has 0 fully saturated rings. The van der Waals surface area contributed by atoms with Crippen LogP contribution in [0.25, 0.3) is 10.9 Å². The molecule has 2 rings (SSSR count). The molecule has 0 radical (unpaired) electrons. The highest BCUT2D eigenvalue weighted by molar-refractivity contribution is 5.79. The summed E-state index contributed by atoms with van der Waals surface area (Å²) in [5.74, 6) is 0. The van der Waals surface area contributed by atoms with Crippen LogP contribution in [0.3, 0.4) is 0 Å². The number of hydrogen-bond donors (Lipinski definition) is 1. The molecule has 0 bridgehead atoms. The third-order valence-corrected chi connectivity index (χ3v) is 3.51. The van der Waals surface area contributed by atoms with Gasteiger partial charge in [0.05, 0.1) is 5.56 Å². The van der Waals surface area contributed by atoms with Crippen molar-refractivity contribution in [2.24, 2.45) is 0 Å². The van der Waals surface area contributed by atoms with Gasteiger partial charge in [-0.05, 0) is 31.0 Å². The lowest BCUT2D eigenvalue weighted by atomic mass is 10.1. The van der Waals surface area contributed by atoms with Crippen LogP contribution in [0.5, 0.6) is 0 Å². The maximum Gasteiger partial charge on any atom is 0.416 e. The normalized spacial score (nSPS) is 12.0. The minimum atomic E-state index is -4.43. The zero-order chi connectivity index (χ0) is 15.5. The number of rotatable bonds is 5. The molecule has 0 saturated heterocycles. The lowest BCUT2D eigenvalue weighted by Gasteiger charge is -2.09. The number of unbranched alkanes of at least 4 members (excludes halogenated alkanes) is 3. The van der Waals surface area contributed by atoms with Crippen molar-refractivity contribution in [3.63, 3.8) is 0 Å². The molecule has 0 saturated carbocycles. The van der Waals surface area contributed by atoms with Gasteiger partial charge >= 0.3 is 6.18 Å². The Morgan fingerprint density at radius 1 is 1.10 bits per heavy atom. The van der Waals surface area contributed by atoms with Crippen LogP contribution in [0.1, 0.15) is 43.9 Å². The van der Waals surface area contributed by atoms with Gasteiger partial charge in [0.2, 0.25) is 0 Å². The van der Waals surface area contributed by atoms with Crippen molar-refractivity contribution < 1.29 is 13.2 Å². The largest absolute Gasteiger partial charge is 0.416 e. The zero-order valence-electron chi connectivity index (χ0n) is 11.9. The van der Waals surface area contributed by atoms with Crippen LogP contribution in [-0.4, -0.2) is 4.98 Å². The number of halogens is 3. The second kappa shape index (κ2) is 6.33. The molecule has 2 nitrogen and oxygen atoms in total. The molecule has 0 spiro atoms. The predicted octanol–water partition coefficient (Wildman–Crippen LogP) is 4.67. The average molecular weight is 297 g/mol. The van der Waals surface area contributed by atoms with Gasteiger partial charge in [-0.2, -0.15) is 13.2 Å². The second-order valence-corrected chi connectivity index (χ2v) is 5.23.